The third-order valence-electron chi connectivity index (χ3n) is 3.94. The molecule has 1 saturated heterocycles. The lowest BCUT2D eigenvalue weighted by molar-refractivity contribution is 0.0672. The van der Waals surface area contributed by atoms with Gasteiger partial charge in [-0.05, 0) is 37.8 Å². The van der Waals surface area contributed by atoms with Gasteiger partial charge in [-0.2, -0.15) is 0 Å². The van der Waals surface area contributed by atoms with E-state index < -0.39 is 0 Å². The Morgan fingerprint density at radius 1 is 1.53 bits per heavy atom. The third-order valence-corrected chi connectivity index (χ3v) is 3.94. The van der Waals surface area contributed by atoms with E-state index in [9.17, 15) is 4.79 Å². The number of likely N-dealkylation sites (tertiary alicyclic amines) is 1. The number of anilines is 1. The van der Waals surface area contributed by atoms with E-state index in [4.69, 9.17) is 5.84 Å². The molecule has 0 aliphatic carbocycles. The predicted molar refractivity (Wildman–Crippen MR) is 77.9 cm³/mol. The number of nitrogens with two attached hydrogens (primary N) is 1. The van der Waals surface area contributed by atoms with Crippen LogP contribution in [-0.4, -0.2) is 23.9 Å². The summed E-state index contributed by atoms with van der Waals surface area (Å²) >= 11 is 0. The van der Waals surface area contributed by atoms with Crippen molar-refractivity contribution in [3.8, 4) is 0 Å². The van der Waals surface area contributed by atoms with E-state index in [1.54, 1.807) is 0 Å². The molecule has 19 heavy (non-hydrogen) atoms. The van der Waals surface area contributed by atoms with Crippen molar-refractivity contribution in [1.29, 1.82) is 0 Å². The minimum atomic E-state index is 0.0924. The van der Waals surface area contributed by atoms with E-state index in [0.717, 1.165) is 31.5 Å². The minimum Gasteiger partial charge on any atom is -0.338 e. The number of nitrogen functional groups attached to an aromatic ring is 1. The van der Waals surface area contributed by atoms with Crippen molar-refractivity contribution in [2.24, 2.45) is 11.8 Å². The number of nitrogens with zero attached hydrogens (tertiary/aromatic N) is 1. The van der Waals surface area contributed by atoms with Gasteiger partial charge in [0.1, 0.15) is 0 Å². The quantitative estimate of drug-likeness (QED) is 0.649. The Balaban J connectivity index is 2.21. The van der Waals surface area contributed by atoms with Crippen LogP contribution in [0.4, 0.5) is 5.69 Å². The van der Waals surface area contributed by atoms with E-state index in [0.29, 0.717) is 17.2 Å². The van der Waals surface area contributed by atoms with Gasteiger partial charge in [-0.15, -0.1) is 0 Å². The van der Waals surface area contributed by atoms with Gasteiger partial charge in [0.15, 0.2) is 0 Å². The van der Waals surface area contributed by atoms with Crippen LogP contribution in [-0.2, 0) is 0 Å². The van der Waals surface area contributed by atoms with Gasteiger partial charge in [0.05, 0.1) is 11.3 Å². The summed E-state index contributed by atoms with van der Waals surface area (Å²) in [7, 11) is 0. The van der Waals surface area contributed by atoms with Crippen molar-refractivity contribution >= 4 is 11.6 Å². The second-order valence-corrected chi connectivity index (χ2v) is 5.36. The summed E-state index contributed by atoms with van der Waals surface area (Å²) in [6.45, 7) is 5.90. The van der Waals surface area contributed by atoms with E-state index in [-0.39, 0.29) is 5.91 Å². The minimum absolute atomic E-state index is 0.0924. The fourth-order valence-electron chi connectivity index (χ4n) is 2.71. The number of hydrogen-bond acceptors (Lipinski definition) is 3. The van der Waals surface area contributed by atoms with Crippen LogP contribution in [0.15, 0.2) is 18.2 Å². The molecule has 0 radical (unpaired) electrons. The zero-order valence-electron chi connectivity index (χ0n) is 11.8. The van der Waals surface area contributed by atoms with E-state index >= 15 is 0 Å². The number of rotatable bonds is 3. The molecule has 1 aromatic carbocycles. The molecular weight excluding hydrogens is 238 g/mol. The lowest BCUT2D eigenvalue weighted by Crippen LogP contribution is -2.40. The van der Waals surface area contributed by atoms with Crippen LogP contribution in [0.2, 0.25) is 0 Å². The normalized spacial score (nSPS) is 19.3. The topological polar surface area (TPSA) is 58.4 Å². The Labute approximate surface area is 114 Å². The zero-order chi connectivity index (χ0) is 13.8. The van der Waals surface area contributed by atoms with Crippen LogP contribution in [0.3, 0.4) is 0 Å². The molecule has 2 rings (SSSR count). The summed E-state index contributed by atoms with van der Waals surface area (Å²) < 4.78 is 0. The first-order valence-corrected chi connectivity index (χ1v) is 7.02. The van der Waals surface area contributed by atoms with E-state index in [2.05, 4.69) is 12.3 Å². The maximum atomic E-state index is 12.6. The van der Waals surface area contributed by atoms with Crippen molar-refractivity contribution in [2.75, 3.05) is 18.5 Å². The number of piperidine rings is 1. The van der Waals surface area contributed by atoms with Gasteiger partial charge in [0.25, 0.3) is 5.91 Å². The van der Waals surface area contributed by atoms with Crippen molar-refractivity contribution in [2.45, 2.75) is 33.1 Å². The van der Waals surface area contributed by atoms with Crippen LogP contribution in [0.1, 0.15) is 42.1 Å². The molecule has 1 atom stereocenters. The maximum absolute atomic E-state index is 12.6. The maximum Gasteiger partial charge on any atom is 0.256 e. The van der Waals surface area contributed by atoms with Gasteiger partial charge < -0.3 is 10.3 Å². The van der Waals surface area contributed by atoms with Crippen LogP contribution in [0.25, 0.3) is 0 Å². The Hall–Kier alpha value is -1.55. The highest BCUT2D eigenvalue weighted by Crippen LogP contribution is 2.24. The van der Waals surface area contributed by atoms with Crippen LogP contribution in [0, 0.1) is 12.8 Å². The average molecular weight is 261 g/mol. The Kier molecular flexibility index (Phi) is 4.43. The molecule has 0 saturated carbocycles. The molecule has 4 heteroatoms. The summed E-state index contributed by atoms with van der Waals surface area (Å²) in [6, 6.07) is 5.73. The summed E-state index contributed by atoms with van der Waals surface area (Å²) in [5.41, 5.74) is 5.08. The Morgan fingerprint density at radius 3 is 3.00 bits per heavy atom. The Bertz CT molecular complexity index is 459. The number of nitrogens with one attached hydrogen (secondary N) is 1. The lowest BCUT2D eigenvalue weighted by Gasteiger charge is -2.32. The van der Waals surface area contributed by atoms with Crippen molar-refractivity contribution < 1.29 is 4.79 Å². The van der Waals surface area contributed by atoms with E-state index in [1.165, 1.54) is 6.42 Å². The largest absolute Gasteiger partial charge is 0.338 e. The van der Waals surface area contributed by atoms with Gasteiger partial charge in [-0.3, -0.25) is 10.6 Å². The number of hydrazine groups is 1. The molecule has 1 heterocycles. The highest BCUT2D eigenvalue weighted by Gasteiger charge is 2.24. The van der Waals surface area contributed by atoms with Crippen LogP contribution >= 0.6 is 0 Å². The molecule has 0 spiro atoms. The first-order chi connectivity index (χ1) is 9.15. The second kappa shape index (κ2) is 6.06. The number of carbonyl (C=O) groups excluding carboxylic acids is 1. The molecule has 1 aromatic rings. The second-order valence-electron chi connectivity index (χ2n) is 5.36. The lowest BCUT2D eigenvalue weighted by atomic mass is 9.95. The van der Waals surface area contributed by atoms with Gasteiger partial charge in [-0.25, -0.2) is 0 Å². The fraction of sp³-hybridized carbons (Fsp3) is 0.533. The highest BCUT2D eigenvalue weighted by molar-refractivity contribution is 5.99. The fourth-order valence-corrected chi connectivity index (χ4v) is 2.71. The summed E-state index contributed by atoms with van der Waals surface area (Å²) in [6.07, 6.45) is 3.47. The molecule has 3 N–H and O–H groups in total. The zero-order valence-corrected chi connectivity index (χ0v) is 11.8. The Morgan fingerprint density at radius 2 is 2.32 bits per heavy atom. The number of amides is 1. The van der Waals surface area contributed by atoms with Crippen molar-refractivity contribution in [3.63, 3.8) is 0 Å². The molecule has 1 amide bonds. The molecule has 1 aliphatic rings. The number of carbonyl (C=O) groups is 1. The van der Waals surface area contributed by atoms with Gasteiger partial charge in [0.2, 0.25) is 0 Å². The summed E-state index contributed by atoms with van der Waals surface area (Å²) in [5.74, 6) is 6.23. The monoisotopic (exact) mass is 261 g/mol. The van der Waals surface area contributed by atoms with Gasteiger partial charge in [0, 0.05) is 13.1 Å². The smallest absolute Gasteiger partial charge is 0.256 e. The van der Waals surface area contributed by atoms with Crippen molar-refractivity contribution in [3.05, 3.63) is 29.3 Å². The predicted octanol–water partition coefficient (Wildman–Crippen LogP) is 2.54. The first kappa shape index (κ1) is 13.9. The first-order valence-electron chi connectivity index (χ1n) is 7.02. The van der Waals surface area contributed by atoms with Gasteiger partial charge in [-0.1, -0.05) is 25.0 Å². The van der Waals surface area contributed by atoms with E-state index in [1.807, 2.05) is 30.0 Å². The van der Waals surface area contributed by atoms with Crippen LogP contribution in [0.5, 0.6) is 0 Å². The SMILES string of the molecule is CCC1CCCN(C(=O)c2cc(C)ccc2NN)C1. The highest BCUT2D eigenvalue weighted by atomic mass is 16.2. The average Bonchev–Trinajstić information content (AvgIpc) is 2.46. The van der Waals surface area contributed by atoms with Gasteiger partial charge >= 0.3 is 0 Å². The molecule has 104 valence electrons. The molecular formula is C15H23N3O. The molecule has 1 aliphatic heterocycles. The standard InChI is InChI=1S/C15H23N3O/c1-3-12-5-4-8-18(10-12)15(19)13-9-11(2)6-7-14(13)17-16/h6-7,9,12,17H,3-5,8,10,16H2,1-2H3. The third kappa shape index (κ3) is 3.07. The molecule has 1 fully saturated rings. The summed E-state index contributed by atoms with van der Waals surface area (Å²) in [5, 5.41) is 0. The molecule has 0 aromatic heterocycles. The number of aryl methyl sites for hydroxylation is 1. The molecule has 4 nitrogen and oxygen atoms in total. The number of hydrogen-bond donors (Lipinski definition) is 2. The van der Waals surface area contributed by atoms with Crippen LogP contribution < -0.4 is 11.3 Å². The number of benzene rings is 1. The molecule has 1 unspecified atom stereocenters. The molecule has 0 bridgehead atoms. The summed E-state index contributed by atoms with van der Waals surface area (Å²) in [4.78, 5) is 14.6. The van der Waals surface area contributed by atoms with Crippen molar-refractivity contribution in [1.82, 2.24) is 4.90 Å².